The fourth-order valence-electron chi connectivity index (χ4n) is 2.81. The number of amides is 1. The minimum absolute atomic E-state index is 0.0804. The molecule has 3 rings (SSSR count). The maximum atomic E-state index is 12.4. The molecule has 0 aliphatic carbocycles. The molecule has 0 spiro atoms. The number of hydrogen-bond donors (Lipinski definition) is 1. The highest BCUT2D eigenvalue weighted by atomic mass is 32.2. The number of nitrogens with zero attached hydrogens (tertiary/aromatic N) is 6. The Bertz CT molecular complexity index is 980. The van der Waals surface area contributed by atoms with Gasteiger partial charge in [-0.1, -0.05) is 50.7 Å². The monoisotopic (exact) mass is 399 g/mol. The molecule has 0 saturated carbocycles. The normalized spacial score (nSPS) is 11.6. The largest absolute Gasteiger partial charge is 0.310 e. The summed E-state index contributed by atoms with van der Waals surface area (Å²) in [6.07, 6.45) is 0. The van der Waals surface area contributed by atoms with Crippen molar-refractivity contribution in [1.29, 1.82) is 0 Å². The third kappa shape index (κ3) is 4.24. The molecule has 0 saturated heterocycles. The molecule has 148 valence electrons. The summed E-state index contributed by atoms with van der Waals surface area (Å²) < 4.78 is 3.37. The third-order valence-electron chi connectivity index (χ3n) is 4.34. The number of para-hydroxylation sites is 1. The summed E-state index contributed by atoms with van der Waals surface area (Å²) in [6.45, 7) is 10.3. The van der Waals surface area contributed by atoms with E-state index in [2.05, 4.69) is 46.7 Å². The molecule has 2 heterocycles. The van der Waals surface area contributed by atoms with Gasteiger partial charge in [-0.2, -0.15) is 9.78 Å². The molecule has 0 radical (unpaired) electrons. The molecule has 0 unspecified atom stereocenters. The molecule has 2 aromatic heterocycles. The SMILES string of the molecule is Cc1cccc(C)c1-n1nnnc1SCC(=O)Nc1cc(C(C)(C)C)nn1C. The van der Waals surface area contributed by atoms with E-state index in [1.807, 2.05) is 45.2 Å². The Morgan fingerprint density at radius 2 is 1.89 bits per heavy atom. The molecule has 9 heteroatoms. The highest BCUT2D eigenvalue weighted by molar-refractivity contribution is 7.99. The smallest absolute Gasteiger partial charge is 0.235 e. The molecule has 0 fully saturated rings. The first-order valence-electron chi connectivity index (χ1n) is 8.99. The number of hydrogen-bond acceptors (Lipinski definition) is 6. The van der Waals surface area contributed by atoms with Crippen LogP contribution in [0.5, 0.6) is 0 Å². The number of rotatable bonds is 5. The second-order valence-corrected chi connectivity index (χ2v) is 8.68. The minimum atomic E-state index is -0.135. The summed E-state index contributed by atoms with van der Waals surface area (Å²) in [5.74, 6) is 0.732. The summed E-state index contributed by atoms with van der Waals surface area (Å²) in [6, 6.07) is 7.93. The zero-order valence-electron chi connectivity index (χ0n) is 17.0. The molecule has 0 atom stereocenters. The highest BCUT2D eigenvalue weighted by Gasteiger charge is 2.20. The first-order chi connectivity index (χ1) is 13.2. The van der Waals surface area contributed by atoms with Crippen LogP contribution in [-0.2, 0) is 17.3 Å². The van der Waals surface area contributed by atoms with Gasteiger partial charge >= 0.3 is 0 Å². The quantitative estimate of drug-likeness (QED) is 0.663. The summed E-state index contributed by atoms with van der Waals surface area (Å²) in [5.41, 5.74) is 3.93. The van der Waals surface area contributed by atoms with E-state index in [9.17, 15) is 4.79 Å². The zero-order valence-corrected chi connectivity index (χ0v) is 17.8. The molecule has 1 amide bonds. The number of carbonyl (C=O) groups excluding carboxylic acids is 1. The van der Waals surface area contributed by atoms with Crippen LogP contribution in [0.15, 0.2) is 29.4 Å². The van der Waals surface area contributed by atoms with E-state index < -0.39 is 0 Å². The van der Waals surface area contributed by atoms with Crippen LogP contribution < -0.4 is 5.32 Å². The Balaban J connectivity index is 1.70. The molecule has 1 aromatic carbocycles. The van der Waals surface area contributed by atoms with Crippen LogP contribution in [-0.4, -0.2) is 41.6 Å². The standard InChI is InChI=1S/C19H25N7OS/c1-12-8-7-9-13(2)17(12)26-18(21-23-24-26)28-11-16(27)20-15-10-14(19(3,4)5)22-25(15)6/h7-10H,11H2,1-6H3,(H,20,27). The van der Waals surface area contributed by atoms with Gasteiger partial charge in [-0.05, 0) is 35.4 Å². The van der Waals surface area contributed by atoms with Crippen LogP contribution in [0.2, 0.25) is 0 Å². The Morgan fingerprint density at radius 3 is 2.50 bits per heavy atom. The lowest BCUT2D eigenvalue weighted by atomic mass is 9.92. The van der Waals surface area contributed by atoms with E-state index in [0.29, 0.717) is 11.0 Å². The van der Waals surface area contributed by atoms with E-state index >= 15 is 0 Å². The van der Waals surface area contributed by atoms with E-state index in [1.54, 1.807) is 9.36 Å². The van der Waals surface area contributed by atoms with Gasteiger partial charge in [0.25, 0.3) is 0 Å². The number of aromatic nitrogens is 6. The molecule has 0 aliphatic rings. The summed E-state index contributed by atoms with van der Waals surface area (Å²) in [4.78, 5) is 12.4. The Hall–Kier alpha value is -2.68. The van der Waals surface area contributed by atoms with Crippen molar-refractivity contribution in [2.45, 2.75) is 45.2 Å². The van der Waals surface area contributed by atoms with Gasteiger partial charge in [0.1, 0.15) is 5.82 Å². The van der Waals surface area contributed by atoms with Crippen LogP contribution >= 0.6 is 11.8 Å². The van der Waals surface area contributed by atoms with Crippen molar-refractivity contribution < 1.29 is 4.79 Å². The maximum Gasteiger partial charge on any atom is 0.235 e. The van der Waals surface area contributed by atoms with E-state index in [0.717, 1.165) is 22.5 Å². The Morgan fingerprint density at radius 1 is 1.21 bits per heavy atom. The van der Waals surface area contributed by atoms with Crippen LogP contribution in [0.25, 0.3) is 5.69 Å². The predicted molar refractivity (Wildman–Crippen MR) is 110 cm³/mol. The van der Waals surface area contributed by atoms with Crippen LogP contribution in [0.3, 0.4) is 0 Å². The van der Waals surface area contributed by atoms with Crippen molar-refractivity contribution in [2.75, 3.05) is 11.1 Å². The Labute approximate surface area is 168 Å². The molecule has 0 aliphatic heterocycles. The molecular formula is C19H25N7OS. The average molecular weight is 400 g/mol. The van der Waals surface area contributed by atoms with Crippen molar-refractivity contribution in [2.24, 2.45) is 7.05 Å². The van der Waals surface area contributed by atoms with Gasteiger partial charge in [0.15, 0.2) is 0 Å². The van der Waals surface area contributed by atoms with Crippen molar-refractivity contribution in [1.82, 2.24) is 30.0 Å². The van der Waals surface area contributed by atoms with Gasteiger partial charge < -0.3 is 5.32 Å². The van der Waals surface area contributed by atoms with E-state index in [4.69, 9.17) is 0 Å². The fraction of sp³-hybridized carbons (Fsp3) is 0.421. The van der Waals surface area contributed by atoms with Gasteiger partial charge in [0, 0.05) is 18.5 Å². The van der Waals surface area contributed by atoms with Crippen molar-refractivity contribution in [3.63, 3.8) is 0 Å². The van der Waals surface area contributed by atoms with Crippen molar-refractivity contribution in [3.8, 4) is 5.69 Å². The second kappa shape index (κ2) is 7.75. The second-order valence-electron chi connectivity index (χ2n) is 7.74. The van der Waals surface area contributed by atoms with E-state index in [-0.39, 0.29) is 17.1 Å². The highest BCUT2D eigenvalue weighted by Crippen LogP contribution is 2.25. The topological polar surface area (TPSA) is 90.5 Å². The number of tetrazole rings is 1. The molecule has 8 nitrogen and oxygen atoms in total. The Kier molecular flexibility index (Phi) is 5.55. The summed E-state index contributed by atoms with van der Waals surface area (Å²) in [5, 5.41) is 19.9. The third-order valence-corrected chi connectivity index (χ3v) is 5.26. The molecule has 1 N–H and O–H groups in total. The van der Waals surface area contributed by atoms with Gasteiger partial charge in [0.2, 0.25) is 11.1 Å². The molecule has 28 heavy (non-hydrogen) atoms. The first-order valence-corrected chi connectivity index (χ1v) is 9.97. The van der Waals surface area contributed by atoms with E-state index in [1.165, 1.54) is 11.8 Å². The predicted octanol–water partition coefficient (Wildman–Crippen LogP) is 3.04. The first kappa shape index (κ1) is 20.1. The number of benzene rings is 1. The number of thioether (sulfide) groups is 1. The maximum absolute atomic E-state index is 12.4. The lowest BCUT2D eigenvalue weighted by molar-refractivity contribution is -0.113. The number of anilines is 1. The lowest BCUT2D eigenvalue weighted by Gasteiger charge is -2.13. The zero-order chi connectivity index (χ0) is 20.5. The average Bonchev–Trinajstić information content (AvgIpc) is 3.20. The molecule has 3 aromatic rings. The van der Waals surface area contributed by atoms with Crippen LogP contribution in [0.4, 0.5) is 5.82 Å². The lowest BCUT2D eigenvalue weighted by Crippen LogP contribution is -2.17. The summed E-state index contributed by atoms with van der Waals surface area (Å²) in [7, 11) is 1.82. The van der Waals surface area contributed by atoms with Gasteiger partial charge in [-0.15, -0.1) is 5.10 Å². The number of nitrogens with one attached hydrogen (secondary N) is 1. The fourth-order valence-corrected chi connectivity index (χ4v) is 3.49. The van der Waals surface area contributed by atoms with Gasteiger partial charge in [-0.3, -0.25) is 9.48 Å². The molecular weight excluding hydrogens is 374 g/mol. The van der Waals surface area contributed by atoms with Crippen LogP contribution in [0, 0.1) is 13.8 Å². The van der Waals surface area contributed by atoms with Gasteiger partial charge in [0.05, 0.1) is 17.1 Å². The summed E-state index contributed by atoms with van der Waals surface area (Å²) >= 11 is 1.30. The van der Waals surface area contributed by atoms with Gasteiger partial charge in [-0.25, -0.2) is 0 Å². The minimum Gasteiger partial charge on any atom is -0.310 e. The van der Waals surface area contributed by atoms with Crippen molar-refractivity contribution >= 4 is 23.5 Å². The van der Waals surface area contributed by atoms with Crippen molar-refractivity contribution in [3.05, 3.63) is 41.1 Å². The molecule has 0 bridgehead atoms. The number of aryl methyl sites for hydroxylation is 3. The number of carbonyl (C=O) groups is 1. The van der Waals surface area contributed by atoms with Crippen LogP contribution in [0.1, 0.15) is 37.6 Å².